The smallest absolute Gasteiger partial charge is 0.233 e. The van der Waals surface area contributed by atoms with E-state index in [-0.39, 0.29) is 5.91 Å². The van der Waals surface area contributed by atoms with Crippen molar-refractivity contribution < 1.29 is 9.21 Å². The number of nitrogens with zero attached hydrogens (tertiary/aromatic N) is 4. The largest absolute Gasteiger partial charge is 0.461 e. The van der Waals surface area contributed by atoms with Crippen LogP contribution in [-0.4, -0.2) is 37.9 Å². The number of hydrogen-bond acceptors (Lipinski definition) is 6. The monoisotopic (exact) mass is 396 g/mol. The number of aromatic nitrogens is 3. The molecule has 0 aliphatic carbocycles. The van der Waals surface area contributed by atoms with Gasteiger partial charge in [-0.3, -0.25) is 4.79 Å². The molecule has 0 unspecified atom stereocenters. The zero-order chi connectivity index (χ0) is 17.8. The van der Waals surface area contributed by atoms with Crippen LogP contribution in [0.4, 0.5) is 0 Å². The van der Waals surface area contributed by atoms with E-state index in [9.17, 15) is 4.79 Å². The third-order valence-electron chi connectivity index (χ3n) is 3.61. The molecule has 0 bridgehead atoms. The number of carbonyl (C=O) groups excluding carboxylic acids is 1. The van der Waals surface area contributed by atoms with E-state index in [1.54, 1.807) is 17.2 Å². The Morgan fingerprint density at radius 1 is 1.40 bits per heavy atom. The number of thiophene rings is 1. The third kappa shape index (κ3) is 4.26. The van der Waals surface area contributed by atoms with Gasteiger partial charge < -0.3 is 13.9 Å². The fourth-order valence-electron chi connectivity index (χ4n) is 2.28. The first-order valence-electron chi connectivity index (χ1n) is 7.66. The van der Waals surface area contributed by atoms with Crippen molar-refractivity contribution >= 4 is 40.6 Å². The first kappa shape index (κ1) is 18.0. The van der Waals surface area contributed by atoms with Crippen LogP contribution in [0.2, 0.25) is 4.34 Å². The molecule has 0 spiro atoms. The maximum atomic E-state index is 12.5. The second-order valence-electron chi connectivity index (χ2n) is 5.24. The maximum Gasteiger partial charge on any atom is 0.233 e. The second-order valence-corrected chi connectivity index (χ2v) is 7.99. The fourth-order valence-corrected chi connectivity index (χ4v) is 4.20. The predicted octanol–water partition coefficient (Wildman–Crippen LogP) is 3.93. The van der Waals surface area contributed by atoms with Gasteiger partial charge in [-0.25, -0.2) is 0 Å². The van der Waals surface area contributed by atoms with Crippen LogP contribution in [0.15, 0.2) is 40.1 Å². The maximum absolute atomic E-state index is 12.5. The molecule has 9 heteroatoms. The van der Waals surface area contributed by atoms with Crippen LogP contribution < -0.4 is 0 Å². The second kappa shape index (κ2) is 8.07. The zero-order valence-corrected chi connectivity index (χ0v) is 16.2. The number of halogens is 1. The third-order valence-corrected chi connectivity index (χ3v) is 5.83. The van der Waals surface area contributed by atoms with E-state index in [1.165, 1.54) is 23.1 Å². The highest BCUT2D eigenvalue weighted by Gasteiger charge is 2.17. The summed E-state index contributed by atoms with van der Waals surface area (Å²) in [6.45, 7) is 3.18. The van der Waals surface area contributed by atoms with Crippen molar-refractivity contribution in [1.29, 1.82) is 0 Å². The van der Waals surface area contributed by atoms with Gasteiger partial charge in [0.05, 0.1) is 22.9 Å². The van der Waals surface area contributed by atoms with E-state index in [0.717, 1.165) is 9.21 Å². The highest BCUT2D eigenvalue weighted by molar-refractivity contribution is 7.99. The van der Waals surface area contributed by atoms with Gasteiger partial charge in [-0.05, 0) is 31.2 Å². The molecule has 25 heavy (non-hydrogen) atoms. The summed E-state index contributed by atoms with van der Waals surface area (Å²) >= 11 is 8.82. The molecular formula is C16H17ClN4O2S2. The lowest BCUT2D eigenvalue weighted by atomic mass is 10.4. The molecule has 3 rings (SSSR count). The Kier molecular flexibility index (Phi) is 5.82. The molecule has 0 saturated carbocycles. The highest BCUT2D eigenvalue weighted by atomic mass is 35.5. The van der Waals surface area contributed by atoms with Crippen LogP contribution in [0.5, 0.6) is 0 Å². The van der Waals surface area contributed by atoms with Gasteiger partial charge in [-0.15, -0.1) is 21.5 Å². The highest BCUT2D eigenvalue weighted by Crippen LogP contribution is 2.25. The number of carbonyl (C=O) groups is 1. The SMILES string of the molecule is CCN(Cc1ccc(Cl)s1)C(=O)CSc1nnc(-c2ccco2)n1C. The lowest BCUT2D eigenvalue weighted by Gasteiger charge is -2.19. The molecule has 0 N–H and O–H groups in total. The molecule has 132 valence electrons. The van der Waals surface area contributed by atoms with E-state index in [2.05, 4.69) is 10.2 Å². The lowest BCUT2D eigenvalue weighted by Crippen LogP contribution is -2.31. The van der Waals surface area contributed by atoms with Crippen LogP contribution in [0.1, 0.15) is 11.8 Å². The molecule has 0 aliphatic heterocycles. The Bertz CT molecular complexity index is 844. The molecule has 3 heterocycles. The summed E-state index contributed by atoms with van der Waals surface area (Å²) < 4.78 is 7.91. The predicted molar refractivity (Wildman–Crippen MR) is 99.8 cm³/mol. The Labute approximate surface area is 158 Å². The van der Waals surface area contributed by atoms with Gasteiger partial charge in [-0.2, -0.15) is 0 Å². The first-order chi connectivity index (χ1) is 12.1. The summed E-state index contributed by atoms with van der Waals surface area (Å²) in [5.74, 6) is 1.65. The Balaban J connectivity index is 1.61. The molecule has 1 amide bonds. The number of rotatable bonds is 7. The van der Waals surface area contributed by atoms with Gasteiger partial charge in [0.2, 0.25) is 5.91 Å². The van der Waals surface area contributed by atoms with Crippen molar-refractivity contribution in [1.82, 2.24) is 19.7 Å². The van der Waals surface area contributed by atoms with Crippen molar-refractivity contribution in [3.63, 3.8) is 0 Å². The number of amides is 1. The Morgan fingerprint density at radius 3 is 2.88 bits per heavy atom. The van der Waals surface area contributed by atoms with E-state index >= 15 is 0 Å². The van der Waals surface area contributed by atoms with Gasteiger partial charge >= 0.3 is 0 Å². The average molecular weight is 397 g/mol. The molecular weight excluding hydrogens is 380 g/mol. The summed E-state index contributed by atoms with van der Waals surface area (Å²) in [7, 11) is 1.86. The molecule has 3 aromatic heterocycles. The molecule has 0 aromatic carbocycles. The molecule has 0 fully saturated rings. The van der Waals surface area contributed by atoms with Crippen LogP contribution >= 0.6 is 34.7 Å². The Morgan fingerprint density at radius 2 is 2.24 bits per heavy atom. The first-order valence-corrected chi connectivity index (χ1v) is 9.84. The number of hydrogen-bond donors (Lipinski definition) is 0. The van der Waals surface area contributed by atoms with E-state index in [1.807, 2.05) is 36.7 Å². The van der Waals surface area contributed by atoms with Crippen molar-refractivity contribution in [3.8, 4) is 11.6 Å². The molecule has 0 radical (unpaired) electrons. The van der Waals surface area contributed by atoms with Crippen molar-refractivity contribution in [2.75, 3.05) is 12.3 Å². The quantitative estimate of drug-likeness (QED) is 0.566. The topological polar surface area (TPSA) is 64.2 Å². The van der Waals surface area contributed by atoms with Crippen LogP contribution in [0.3, 0.4) is 0 Å². The average Bonchev–Trinajstić information content (AvgIpc) is 3.32. The van der Waals surface area contributed by atoms with Gasteiger partial charge in [0.15, 0.2) is 16.7 Å². The van der Waals surface area contributed by atoms with Gasteiger partial charge in [0, 0.05) is 18.5 Å². The van der Waals surface area contributed by atoms with Crippen LogP contribution in [-0.2, 0) is 18.4 Å². The number of furan rings is 1. The normalized spacial score (nSPS) is 11.0. The van der Waals surface area contributed by atoms with Crippen molar-refractivity contribution in [2.45, 2.75) is 18.6 Å². The van der Waals surface area contributed by atoms with Crippen LogP contribution in [0, 0.1) is 0 Å². The van der Waals surface area contributed by atoms with Gasteiger partial charge in [0.25, 0.3) is 0 Å². The molecule has 6 nitrogen and oxygen atoms in total. The van der Waals surface area contributed by atoms with E-state index < -0.39 is 0 Å². The summed E-state index contributed by atoms with van der Waals surface area (Å²) in [4.78, 5) is 15.4. The van der Waals surface area contributed by atoms with Crippen molar-refractivity contribution in [2.24, 2.45) is 7.05 Å². The van der Waals surface area contributed by atoms with E-state index in [0.29, 0.717) is 35.6 Å². The molecule has 0 saturated heterocycles. The molecule has 0 atom stereocenters. The Hall–Kier alpha value is -1.77. The van der Waals surface area contributed by atoms with Gasteiger partial charge in [0.1, 0.15) is 0 Å². The summed E-state index contributed by atoms with van der Waals surface area (Å²) in [5, 5.41) is 8.95. The fraction of sp³-hybridized carbons (Fsp3) is 0.312. The minimum atomic E-state index is 0.0552. The summed E-state index contributed by atoms with van der Waals surface area (Å²) in [6.07, 6.45) is 1.59. The van der Waals surface area contributed by atoms with E-state index in [4.69, 9.17) is 16.0 Å². The standard InChI is InChI=1S/C16H17ClN4O2S2/c1-3-21(9-11-6-7-13(17)25-11)14(22)10-24-16-19-18-15(20(16)2)12-5-4-8-23-12/h4-8H,3,9-10H2,1-2H3. The van der Waals surface area contributed by atoms with Crippen LogP contribution in [0.25, 0.3) is 11.6 Å². The zero-order valence-electron chi connectivity index (χ0n) is 13.8. The lowest BCUT2D eigenvalue weighted by molar-refractivity contribution is -0.128. The molecule has 3 aromatic rings. The minimum Gasteiger partial charge on any atom is -0.461 e. The number of thioether (sulfide) groups is 1. The molecule has 0 aliphatic rings. The minimum absolute atomic E-state index is 0.0552. The summed E-state index contributed by atoms with van der Waals surface area (Å²) in [5.41, 5.74) is 0. The summed E-state index contributed by atoms with van der Waals surface area (Å²) in [6, 6.07) is 7.43. The van der Waals surface area contributed by atoms with Gasteiger partial charge in [-0.1, -0.05) is 23.4 Å². The van der Waals surface area contributed by atoms with Crippen molar-refractivity contribution in [3.05, 3.63) is 39.7 Å².